The van der Waals surface area contributed by atoms with Crippen molar-refractivity contribution in [3.05, 3.63) is 23.4 Å². The molecule has 2 N–H and O–H groups in total. The first kappa shape index (κ1) is 13.9. The standard InChI is InChI=1S/C13H23N3O/c1-4-16(6-5-7-17)13-11(2)8-12(9-14-3)10-15-13/h8,10,14,17H,4-7,9H2,1-3H3. The molecule has 0 aliphatic carbocycles. The molecule has 1 rings (SSSR count). The molecule has 4 heteroatoms. The predicted molar refractivity (Wildman–Crippen MR) is 71.3 cm³/mol. The van der Waals surface area contributed by atoms with Gasteiger partial charge in [0.05, 0.1) is 0 Å². The van der Waals surface area contributed by atoms with Gasteiger partial charge >= 0.3 is 0 Å². The van der Waals surface area contributed by atoms with Gasteiger partial charge in [0.15, 0.2) is 0 Å². The van der Waals surface area contributed by atoms with Crippen LogP contribution in [0, 0.1) is 6.92 Å². The van der Waals surface area contributed by atoms with Gasteiger partial charge in [0, 0.05) is 32.4 Å². The van der Waals surface area contributed by atoms with Gasteiger partial charge in [-0.25, -0.2) is 4.98 Å². The van der Waals surface area contributed by atoms with Crippen LogP contribution in [0.4, 0.5) is 5.82 Å². The quantitative estimate of drug-likeness (QED) is 0.751. The Morgan fingerprint density at radius 3 is 2.76 bits per heavy atom. The molecule has 1 aromatic heterocycles. The molecular formula is C13H23N3O. The van der Waals surface area contributed by atoms with E-state index in [4.69, 9.17) is 5.11 Å². The van der Waals surface area contributed by atoms with E-state index in [-0.39, 0.29) is 6.61 Å². The molecule has 0 atom stereocenters. The van der Waals surface area contributed by atoms with Crippen LogP contribution in [0.3, 0.4) is 0 Å². The third-order valence-electron chi connectivity index (χ3n) is 2.76. The van der Waals surface area contributed by atoms with Gasteiger partial charge in [-0.1, -0.05) is 0 Å². The van der Waals surface area contributed by atoms with Gasteiger partial charge in [0.1, 0.15) is 5.82 Å². The van der Waals surface area contributed by atoms with Crippen molar-refractivity contribution in [3.63, 3.8) is 0 Å². The van der Waals surface area contributed by atoms with Crippen molar-refractivity contribution in [3.8, 4) is 0 Å². The second kappa shape index (κ2) is 7.25. The highest BCUT2D eigenvalue weighted by molar-refractivity contribution is 5.47. The average Bonchev–Trinajstić information content (AvgIpc) is 2.32. The van der Waals surface area contributed by atoms with Crippen molar-refractivity contribution in [1.82, 2.24) is 10.3 Å². The molecular weight excluding hydrogens is 214 g/mol. The van der Waals surface area contributed by atoms with Gasteiger partial charge in [-0.15, -0.1) is 0 Å². The van der Waals surface area contributed by atoms with E-state index in [1.54, 1.807) is 0 Å². The monoisotopic (exact) mass is 237 g/mol. The molecule has 0 amide bonds. The Morgan fingerprint density at radius 2 is 2.24 bits per heavy atom. The molecule has 0 aliphatic heterocycles. The van der Waals surface area contributed by atoms with E-state index in [0.29, 0.717) is 0 Å². The molecule has 0 bridgehead atoms. The normalized spacial score (nSPS) is 10.6. The van der Waals surface area contributed by atoms with Crippen molar-refractivity contribution >= 4 is 5.82 Å². The minimum absolute atomic E-state index is 0.230. The minimum atomic E-state index is 0.230. The van der Waals surface area contributed by atoms with Crippen LogP contribution < -0.4 is 10.2 Å². The van der Waals surface area contributed by atoms with Crippen LogP contribution in [0.5, 0.6) is 0 Å². The van der Waals surface area contributed by atoms with Crippen LogP contribution in [-0.2, 0) is 6.54 Å². The molecule has 0 unspecified atom stereocenters. The number of aliphatic hydroxyl groups is 1. The molecule has 0 aromatic carbocycles. The lowest BCUT2D eigenvalue weighted by molar-refractivity contribution is 0.289. The molecule has 0 aliphatic rings. The topological polar surface area (TPSA) is 48.4 Å². The van der Waals surface area contributed by atoms with Crippen molar-refractivity contribution in [2.24, 2.45) is 0 Å². The molecule has 4 nitrogen and oxygen atoms in total. The first-order chi connectivity index (χ1) is 8.22. The van der Waals surface area contributed by atoms with E-state index in [2.05, 4.69) is 35.1 Å². The van der Waals surface area contributed by atoms with Crippen molar-refractivity contribution in [2.45, 2.75) is 26.8 Å². The number of aliphatic hydroxyl groups excluding tert-OH is 1. The molecule has 0 saturated carbocycles. The fourth-order valence-corrected chi connectivity index (χ4v) is 1.93. The zero-order chi connectivity index (χ0) is 12.7. The average molecular weight is 237 g/mol. The lowest BCUT2D eigenvalue weighted by Crippen LogP contribution is -2.26. The van der Waals surface area contributed by atoms with Crippen molar-refractivity contribution in [1.29, 1.82) is 0 Å². The molecule has 0 spiro atoms. The second-order valence-electron chi connectivity index (χ2n) is 4.17. The summed E-state index contributed by atoms with van der Waals surface area (Å²) in [5.41, 5.74) is 2.39. The highest BCUT2D eigenvalue weighted by Crippen LogP contribution is 2.18. The fourth-order valence-electron chi connectivity index (χ4n) is 1.93. The summed E-state index contributed by atoms with van der Waals surface area (Å²) in [6, 6.07) is 2.17. The van der Waals surface area contributed by atoms with Gasteiger partial charge in [-0.05, 0) is 44.5 Å². The Hall–Kier alpha value is -1.13. The Kier molecular flexibility index (Phi) is 5.94. The zero-order valence-electron chi connectivity index (χ0n) is 11.0. The number of rotatable bonds is 7. The summed E-state index contributed by atoms with van der Waals surface area (Å²) in [7, 11) is 1.93. The molecule has 0 saturated heterocycles. The molecule has 17 heavy (non-hydrogen) atoms. The van der Waals surface area contributed by atoms with Gasteiger partial charge in [-0.3, -0.25) is 0 Å². The van der Waals surface area contributed by atoms with Crippen LogP contribution >= 0.6 is 0 Å². The first-order valence-electron chi connectivity index (χ1n) is 6.18. The summed E-state index contributed by atoms with van der Waals surface area (Å²) in [5, 5.41) is 12.0. The van der Waals surface area contributed by atoms with E-state index in [1.807, 2.05) is 13.2 Å². The summed E-state index contributed by atoms with van der Waals surface area (Å²) >= 11 is 0. The number of nitrogens with one attached hydrogen (secondary N) is 1. The maximum Gasteiger partial charge on any atom is 0.131 e. The molecule has 0 fully saturated rings. The lowest BCUT2D eigenvalue weighted by Gasteiger charge is -2.23. The van der Waals surface area contributed by atoms with Gasteiger partial charge in [0.2, 0.25) is 0 Å². The smallest absolute Gasteiger partial charge is 0.131 e. The highest BCUT2D eigenvalue weighted by atomic mass is 16.3. The van der Waals surface area contributed by atoms with E-state index >= 15 is 0 Å². The third kappa shape index (κ3) is 3.98. The summed E-state index contributed by atoms with van der Waals surface area (Å²) in [4.78, 5) is 6.73. The molecule has 1 heterocycles. The number of hydrogen-bond acceptors (Lipinski definition) is 4. The SMILES string of the molecule is CCN(CCCO)c1ncc(CNC)cc1C. The Bertz CT molecular complexity index is 341. The molecule has 0 radical (unpaired) electrons. The Morgan fingerprint density at radius 1 is 1.47 bits per heavy atom. The van der Waals surface area contributed by atoms with Crippen LogP contribution in [0.1, 0.15) is 24.5 Å². The number of aromatic nitrogens is 1. The lowest BCUT2D eigenvalue weighted by atomic mass is 10.2. The number of nitrogens with zero attached hydrogens (tertiary/aromatic N) is 2. The van der Waals surface area contributed by atoms with Crippen LogP contribution in [0.15, 0.2) is 12.3 Å². The summed E-state index contributed by atoms with van der Waals surface area (Å²) in [5.74, 6) is 1.03. The predicted octanol–water partition coefficient (Wildman–Crippen LogP) is 1.32. The van der Waals surface area contributed by atoms with E-state index in [9.17, 15) is 0 Å². The summed E-state index contributed by atoms with van der Waals surface area (Å²) in [6.45, 7) is 7.04. The summed E-state index contributed by atoms with van der Waals surface area (Å²) in [6.07, 6.45) is 2.70. The number of aryl methyl sites for hydroxylation is 1. The second-order valence-corrected chi connectivity index (χ2v) is 4.17. The van der Waals surface area contributed by atoms with Gasteiger partial charge in [-0.2, -0.15) is 0 Å². The van der Waals surface area contributed by atoms with Crippen LogP contribution in [0.2, 0.25) is 0 Å². The summed E-state index contributed by atoms with van der Waals surface area (Å²) < 4.78 is 0. The number of hydrogen-bond donors (Lipinski definition) is 2. The van der Waals surface area contributed by atoms with Crippen molar-refractivity contribution in [2.75, 3.05) is 31.6 Å². The van der Waals surface area contributed by atoms with E-state index in [1.165, 1.54) is 11.1 Å². The first-order valence-corrected chi connectivity index (χ1v) is 6.18. The van der Waals surface area contributed by atoms with E-state index < -0.39 is 0 Å². The largest absolute Gasteiger partial charge is 0.396 e. The molecule has 96 valence electrons. The number of pyridine rings is 1. The highest BCUT2D eigenvalue weighted by Gasteiger charge is 2.09. The zero-order valence-corrected chi connectivity index (χ0v) is 11.0. The minimum Gasteiger partial charge on any atom is -0.396 e. The van der Waals surface area contributed by atoms with Gasteiger partial charge in [0.25, 0.3) is 0 Å². The Labute approximate surface area is 104 Å². The van der Waals surface area contributed by atoms with Gasteiger partial charge < -0.3 is 15.3 Å². The maximum atomic E-state index is 8.89. The van der Waals surface area contributed by atoms with E-state index in [0.717, 1.165) is 31.9 Å². The van der Waals surface area contributed by atoms with Crippen molar-refractivity contribution < 1.29 is 5.11 Å². The number of anilines is 1. The van der Waals surface area contributed by atoms with Crippen LogP contribution in [-0.4, -0.2) is 36.8 Å². The fraction of sp³-hybridized carbons (Fsp3) is 0.615. The maximum absolute atomic E-state index is 8.89. The Balaban J connectivity index is 2.81. The third-order valence-corrected chi connectivity index (χ3v) is 2.76. The molecule has 1 aromatic rings. The van der Waals surface area contributed by atoms with Crippen LogP contribution in [0.25, 0.3) is 0 Å².